The Hall–Kier alpha value is -1.93. The Kier molecular flexibility index (Phi) is 3.84. The second kappa shape index (κ2) is 6.04. The summed E-state index contributed by atoms with van der Waals surface area (Å²) < 4.78 is 8.21. The third-order valence-corrected chi connectivity index (χ3v) is 7.24. The number of nitrogens with one attached hydrogen (secondary N) is 1. The van der Waals surface area contributed by atoms with E-state index in [9.17, 15) is 9.59 Å². The summed E-state index contributed by atoms with van der Waals surface area (Å²) in [5.41, 5.74) is 0.587. The topological polar surface area (TPSA) is 85.2 Å². The van der Waals surface area contributed by atoms with Gasteiger partial charge >= 0.3 is 5.69 Å². The maximum Gasteiger partial charge on any atom is 0.332 e. The highest BCUT2D eigenvalue weighted by molar-refractivity contribution is 5.69. The van der Waals surface area contributed by atoms with Crippen LogP contribution in [-0.4, -0.2) is 49.8 Å². The SMILES string of the molecule is Cn1c(=O)c2[nH]c(CN3CC4(CCOCC4)[C@@H]4CCC[C@@H]43)nc2n(C)c1=O. The van der Waals surface area contributed by atoms with Gasteiger partial charge in [-0.3, -0.25) is 18.8 Å². The number of ether oxygens (including phenoxy) is 1. The van der Waals surface area contributed by atoms with E-state index in [0.717, 1.165) is 48.9 Å². The number of aryl methyl sites for hydroxylation is 1. The van der Waals surface area contributed by atoms with Crippen molar-refractivity contribution in [2.75, 3.05) is 19.8 Å². The zero-order chi connectivity index (χ0) is 18.8. The monoisotopic (exact) mass is 373 g/mol. The van der Waals surface area contributed by atoms with Gasteiger partial charge in [-0.15, -0.1) is 0 Å². The highest BCUT2D eigenvalue weighted by Crippen LogP contribution is 2.53. The number of imidazole rings is 1. The molecule has 2 aromatic rings. The molecule has 8 nitrogen and oxygen atoms in total. The van der Waals surface area contributed by atoms with Gasteiger partial charge < -0.3 is 9.72 Å². The van der Waals surface area contributed by atoms with E-state index in [1.807, 2.05) is 0 Å². The van der Waals surface area contributed by atoms with Crippen molar-refractivity contribution in [1.29, 1.82) is 0 Å². The lowest BCUT2D eigenvalue weighted by Crippen LogP contribution is -2.36. The van der Waals surface area contributed by atoms with Gasteiger partial charge in [-0.25, -0.2) is 9.78 Å². The van der Waals surface area contributed by atoms with Crippen LogP contribution in [0.4, 0.5) is 0 Å². The van der Waals surface area contributed by atoms with Crippen LogP contribution in [0.1, 0.15) is 37.9 Å². The Morgan fingerprint density at radius 1 is 1.19 bits per heavy atom. The Labute approximate surface area is 157 Å². The van der Waals surface area contributed by atoms with Crippen LogP contribution >= 0.6 is 0 Å². The molecule has 1 spiro atoms. The average molecular weight is 373 g/mol. The number of nitrogens with zero attached hydrogens (tertiary/aromatic N) is 4. The van der Waals surface area contributed by atoms with Crippen LogP contribution in [0.15, 0.2) is 9.59 Å². The normalized spacial score (nSPS) is 27.6. The van der Waals surface area contributed by atoms with Crippen LogP contribution in [0.5, 0.6) is 0 Å². The van der Waals surface area contributed by atoms with Crippen LogP contribution in [-0.2, 0) is 25.4 Å². The molecule has 3 fully saturated rings. The lowest BCUT2D eigenvalue weighted by Gasteiger charge is -2.37. The zero-order valence-corrected chi connectivity index (χ0v) is 16.0. The molecule has 4 heterocycles. The van der Waals surface area contributed by atoms with E-state index in [4.69, 9.17) is 4.74 Å². The third kappa shape index (κ3) is 2.46. The molecule has 1 saturated carbocycles. The molecule has 5 rings (SSSR count). The molecule has 0 aromatic carbocycles. The quantitative estimate of drug-likeness (QED) is 0.839. The minimum atomic E-state index is -0.344. The van der Waals surface area contributed by atoms with Gasteiger partial charge in [0.15, 0.2) is 5.65 Å². The fourth-order valence-corrected chi connectivity index (χ4v) is 5.85. The first-order valence-electron chi connectivity index (χ1n) is 9.97. The van der Waals surface area contributed by atoms with Crippen LogP contribution in [0.3, 0.4) is 0 Å². The zero-order valence-electron chi connectivity index (χ0n) is 16.0. The minimum Gasteiger partial charge on any atom is -0.381 e. The third-order valence-electron chi connectivity index (χ3n) is 7.24. The van der Waals surface area contributed by atoms with E-state index in [1.165, 1.54) is 30.9 Å². The molecular formula is C19H27N5O3. The average Bonchev–Trinajstić information content (AvgIpc) is 3.37. The van der Waals surface area contributed by atoms with Gasteiger partial charge in [-0.05, 0) is 37.0 Å². The molecule has 2 atom stereocenters. The number of hydrogen-bond donors (Lipinski definition) is 1. The first-order chi connectivity index (χ1) is 13.0. The number of rotatable bonds is 2. The number of H-pyrrole nitrogens is 1. The van der Waals surface area contributed by atoms with Crippen molar-refractivity contribution in [1.82, 2.24) is 24.0 Å². The Morgan fingerprint density at radius 3 is 2.74 bits per heavy atom. The van der Waals surface area contributed by atoms with E-state index in [0.29, 0.717) is 29.2 Å². The van der Waals surface area contributed by atoms with E-state index in [1.54, 1.807) is 7.05 Å². The maximum absolute atomic E-state index is 12.4. The molecule has 27 heavy (non-hydrogen) atoms. The van der Waals surface area contributed by atoms with Crippen molar-refractivity contribution in [3.05, 3.63) is 26.7 Å². The summed E-state index contributed by atoms with van der Waals surface area (Å²) in [7, 11) is 3.16. The Balaban J connectivity index is 1.48. The summed E-state index contributed by atoms with van der Waals surface area (Å²) in [6, 6.07) is 0.600. The predicted octanol–water partition coefficient (Wildman–Crippen LogP) is 0.741. The second-order valence-electron chi connectivity index (χ2n) is 8.57. The van der Waals surface area contributed by atoms with Crippen molar-refractivity contribution < 1.29 is 4.74 Å². The summed E-state index contributed by atoms with van der Waals surface area (Å²) in [4.78, 5) is 35.0. The largest absolute Gasteiger partial charge is 0.381 e. The van der Waals surface area contributed by atoms with Gasteiger partial charge in [0.2, 0.25) is 0 Å². The molecule has 0 radical (unpaired) electrons. The summed E-state index contributed by atoms with van der Waals surface area (Å²) in [6.45, 7) is 3.54. The summed E-state index contributed by atoms with van der Waals surface area (Å²) in [6.07, 6.45) is 6.16. The molecule has 2 aliphatic heterocycles. The molecule has 0 bridgehead atoms. The molecule has 3 aliphatic rings. The molecule has 146 valence electrons. The van der Waals surface area contributed by atoms with Crippen molar-refractivity contribution in [2.24, 2.45) is 25.4 Å². The van der Waals surface area contributed by atoms with Gasteiger partial charge in [0.25, 0.3) is 5.56 Å². The van der Waals surface area contributed by atoms with Gasteiger partial charge in [0.05, 0.1) is 6.54 Å². The number of aromatic amines is 1. The van der Waals surface area contributed by atoms with Crippen molar-refractivity contribution in [3.63, 3.8) is 0 Å². The summed E-state index contributed by atoms with van der Waals surface area (Å²) in [5, 5.41) is 0. The van der Waals surface area contributed by atoms with E-state index >= 15 is 0 Å². The minimum absolute atomic E-state index is 0.312. The van der Waals surface area contributed by atoms with Crippen LogP contribution in [0, 0.1) is 11.3 Å². The molecule has 0 unspecified atom stereocenters. The van der Waals surface area contributed by atoms with Gasteiger partial charge in [-0.2, -0.15) is 0 Å². The smallest absolute Gasteiger partial charge is 0.332 e. The molecule has 8 heteroatoms. The maximum atomic E-state index is 12.4. The molecule has 1 aliphatic carbocycles. The molecule has 2 aromatic heterocycles. The molecular weight excluding hydrogens is 346 g/mol. The van der Waals surface area contributed by atoms with Crippen molar-refractivity contribution >= 4 is 11.2 Å². The van der Waals surface area contributed by atoms with Crippen LogP contribution < -0.4 is 11.2 Å². The molecule has 2 saturated heterocycles. The lowest BCUT2D eigenvalue weighted by molar-refractivity contribution is -0.00138. The number of hydrogen-bond acceptors (Lipinski definition) is 5. The summed E-state index contributed by atoms with van der Waals surface area (Å²) in [5.74, 6) is 1.53. The number of aromatic nitrogens is 4. The first-order valence-corrected chi connectivity index (χ1v) is 9.97. The summed E-state index contributed by atoms with van der Waals surface area (Å²) >= 11 is 0. The fraction of sp³-hybridized carbons (Fsp3) is 0.737. The fourth-order valence-electron chi connectivity index (χ4n) is 5.85. The number of fused-ring (bicyclic) bond motifs is 3. The van der Waals surface area contributed by atoms with Crippen molar-refractivity contribution in [3.8, 4) is 0 Å². The first kappa shape index (κ1) is 17.2. The predicted molar refractivity (Wildman–Crippen MR) is 101 cm³/mol. The van der Waals surface area contributed by atoms with E-state index < -0.39 is 0 Å². The Morgan fingerprint density at radius 2 is 1.96 bits per heavy atom. The van der Waals surface area contributed by atoms with Gasteiger partial charge in [0, 0.05) is 39.9 Å². The van der Waals surface area contributed by atoms with E-state index in [-0.39, 0.29) is 11.2 Å². The Bertz CT molecular complexity index is 997. The highest BCUT2D eigenvalue weighted by Gasteiger charge is 2.54. The van der Waals surface area contributed by atoms with Gasteiger partial charge in [0.1, 0.15) is 11.3 Å². The van der Waals surface area contributed by atoms with Crippen molar-refractivity contribution in [2.45, 2.75) is 44.7 Å². The number of likely N-dealkylation sites (tertiary alicyclic amines) is 1. The van der Waals surface area contributed by atoms with E-state index in [2.05, 4.69) is 14.9 Å². The van der Waals surface area contributed by atoms with Crippen LogP contribution in [0.25, 0.3) is 11.2 Å². The molecule has 0 amide bonds. The second-order valence-corrected chi connectivity index (χ2v) is 8.57. The highest BCUT2D eigenvalue weighted by atomic mass is 16.5. The van der Waals surface area contributed by atoms with Crippen LogP contribution in [0.2, 0.25) is 0 Å². The lowest BCUT2D eigenvalue weighted by atomic mass is 9.71. The molecule has 1 N–H and O–H groups in total. The standard InChI is InChI=1S/C19H27N5O3/c1-22-16-15(17(25)23(2)18(22)26)20-14(21-16)10-24-11-19(6-8-27-9-7-19)12-4-3-5-13(12)24/h12-13H,3-11H2,1-2H3,(H,20,21)/t12-,13+/m1/s1. The van der Waals surface area contributed by atoms with Gasteiger partial charge in [-0.1, -0.05) is 6.42 Å².